The Balaban J connectivity index is 1.98. The number of anilines is 1. The van der Waals surface area contributed by atoms with Gasteiger partial charge in [0.15, 0.2) is 0 Å². The summed E-state index contributed by atoms with van der Waals surface area (Å²) in [7, 11) is 0. The van der Waals surface area contributed by atoms with E-state index >= 15 is 0 Å². The van der Waals surface area contributed by atoms with E-state index in [2.05, 4.69) is 5.32 Å². The third-order valence-corrected chi connectivity index (χ3v) is 4.82. The summed E-state index contributed by atoms with van der Waals surface area (Å²) in [6.07, 6.45) is 0. The summed E-state index contributed by atoms with van der Waals surface area (Å²) in [6, 6.07) is 15.1. The molecule has 0 saturated heterocycles. The number of carbonyl (C=O) groups is 2. The SMILES string of the molecule is Cc1c(NC(=O)[C@H](C)CSc2ccccc2)cccc1C(N)=O. The van der Waals surface area contributed by atoms with Crippen LogP contribution in [0.15, 0.2) is 53.4 Å². The molecule has 0 spiro atoms. The van der Waals surface area contributed by atoms with E-state index in [-0.39, 0.29) is 11.8 Å². The smallest absolute Gasteiger partial charge is 0.249 e. The van der Waals surface area contributed by atoms with Crippen LogP contribution < -0.4 is 11.1 Å². The molecule has 0 radical (unpaired) electrons. The van der Waals surface area contributed by atoms with Gasteiger partial charge >= 0.3 is 0 Å². The molecule has 3 N–H and O–H groups in total. The molecule has 2 aromatic carbocycles. The van der Waals surface area contributed by atoms with Gasteiger partial charge in [0.25, 0.3) is 0 Å². The highest BCUT2D eigenvalue weighted by Gasteiger charge is 2.16. The number of benzene rings is 2. The molecule has 0 fully saturated rings. The molecule has 0 heterocycles. The highest BCUT2D eigenvalue weighted by molar-refractivity contribution is 7.99. The first-order valence-electron chi connectivity index (χ1n) is 7.37. The number of thioether (sulfide) groups is 1. The van der Waals surface area contributed by atoms with Crippen molar-refractivity contribution in [1.82, 2.24) is 0 Å². The Morgan fingerprint density at radius 2 is 1.83 bits per heavy atom. The van der Waals surface area contributed by atoms with Crippen molar-refractivity contribution in [2.75, 3.05) is 11.1 Å². The largest absolute Gasteiger partial charge is 0.366 e. The Labute approximate surface area is 140 Å². The molecule has 0 bridgehead atoms. The van der Waals surface area contributed by atoms with Crippen LogP contribution in [0, 0.1) is 12.8 Å². The van der Waals surface area contributed by atoms with E-state index in [1.807, 2.05) is 37.3 Å². The molecule has 2 amide bonds. The van der Waals surface area contributed by atoms with Gasteiger partial charge in [-0.2, -0.15) is 0 Å². The first-order chi connectivity index (χ1) is 11.0. The van der Waals surface area contributed by atoms with E-state index in [9.17, 15) is 9.59 Å². The molecular weight excluding hydrogens is 308 g/mol. The van der Waals surface area contributed by atoms with Crippen molar-refractivity contribution in [1.29, 1.82) is 0 Å². The van der Waals surface area contributed by atoms with Gasteiger partial charge in [-0.05, 0) is 36.8 Å². The van der Waals surface area contributed by atoms with Gasteiger partial charge in [-0.25, -0.2) is 0 Å². The molecule has 0 aromatic heterocycles. The van der Waals surface area contributed by atoms with Crippen LogP contribution in [0.4, 0.5) is 5.69 Å². The lowest BCUT2D eigenvalue weighted by Gasteiger charge is -2.14. The maximum atomic E-state index is 12.3. The van der Waals surface area contributed by atoms with Crippen LogP contribution >= 0.6 is 11.8 Å². The van der Waals surface area contributed by atoms with Crippen LogP contribution in [0.5, 0.6) is 0 Å². The zero-order valence-electron chi connectivity index (χ0n) is 13.2. The maximum Gasteiger partial charge on any atom is 0.249 e. The summed E-state index contributed by atoms with van der Waals surface area (Å²) in [5, 5.41) is 2.88. The molecule has 0 unspecified atom stereocenters. The fourth-order valence-corrected chi connectivity index (χ4v) is 3.05. The molecule has 2 rings (SSSR count). The molecule has 0 aliphatic carbocycles. The zero-order chi connectivity index (χ0) is 16.8. The summed E-state index contributed by atoms with van der Waals surface area (Å²) >= 11 is 1.64. The Bertz CT molecular complexity index is 701. The number of nitrogens with one attached hydrogen (secondary N) is 1. The van der Waals surface area contributed by atoms with Gasteiger partial charge in [0.2, 0.25) is 11.8 Å². The molecule has 120 valence electrons. The van der Waals surface area contributed by atoms with Gasteiger partial charge in [0.05, 0.1) is 0 Å². The van der Waals surface area contributed by atoms with Crippen LogP contribution in [0.1, 0.15) is 22.8 Å². The second kappa shape index (κ2) is 7.83. The molecule has 1 atom stereocenters. The van der Waals surface area contributed by atoms with Crippen molar-refractivity contribution in [2.45, 2.75) is 18.7 Å². The van der Waals surface area contributed by atoms with Crippen molar-refractivity contribution in [2.24, 2.45) is 11.7 Å². The summed E-state index contributed by atoms with van der Waals surface area (Å²) in [4.78, 5) is 24.8. The van der Waals surface area contributed by atoms with Crippen molar-refractivity contribution in [3.05, 3.63) is 59.7 Å². The molecular formula is C18H20N2O2S. The van der Waals surface area contributed by atoms with Crippen molar-refractivity contribution in [3.63, 3.8) is 0 Å². The molecule has 5 heteroatoms. The van der Waals surface area contributed by atoms with Crippen LogP contribution in [0.25, 0.3) is 0 Å². The first kappa shape index (κ1) is 17.1. The fraction of sp³-hybridized carbons (Fsp3) is 0.222. The summed E-state index contributed by atoms with van der Waals surface area (Å²) < 4.78 is 0. The lowest BCUT2D eigenvalue weighted by molar-refractivity contribution is -0.118. The number of hydrogen-bond donors (Lipinski definition) is 2. The fourth-order valence-electron chi connectivity index (χ4n) is 2.11. The molecule has 23 heavy (non-hydrogen) atoms. The van der Waals surface area contributed by atoms with Crippen LogP contribution in [0.2, 0.25) is 0 Å². The standard InChI is InChI=1S/C18H20N2O2S/c1-12(11-23-14-7-4-3-5-8-14)18(22)20-16-10-6-9-15(13(16)2)17(19)21/h3-10,12H,11H2,1-2H3,(H2,19,21)(H,20,22)/t12-/m1/s1. The van der Waals surface area contributed by atoms with Crippen LogP contribution in [-0.2, 0) is 4.79 Å². The number of amides is 2. The number of rotatable bonds is 6. The van der Waals surface area contributed by atoms with E-state index in [0.717, 1.165) is 4.90 Å². The van der Waals surface area contributed by atoms with Crippen LogP contribution in [0.3, 0.4) is 0 Å². The normalized spacial score (nSPS) is 11.7. The third-order valence-electron chi connectivity index (χ3n) is 3.55. The van der Waals surface area contributed by atoms with Gasteiger partial charge in [-0.1, -0.05) is 31.2 Å². The second-order valence-corrected chi connectivity index (χ2v) is 6.45. The van der Waals surface area contributed by atoms with E-state index in [1.54, 1.807) is 36.9 Å². The van der Waals surface area contributed by atoms with E-state index < -0.39 is 5.91 Å². The minimum Gasteiger partial charge on any atom is -0.366 e. The predicted molar refractivity (Wildman–Crippen MR) is 94.7 cm³/mol. The maximum absolute atomic E-state index is 12.3. The molecule has 0 aliphatic rings. The Morgan fingerprint density at radius 1 is 1.13 bits per heavy atom. The van der Waals surface area contributed by atoms with Gasteiger partial charge in [-0.3, -0.25) is 9.59 Å². The van der Waals surface area contributed by atoms with Crippen LogP contribution in [-0.4, -0.2) is 17.6 Å². The Morgan fingerprint density at radius 3 is 2.48 bits per heavy atom. The number of primary amides is 1. The lowest BCUT2D eigenvalue weighted by atomic mass is 10.1. The zero-order valence-corrected chi connectivity index (χ0v) is 14.0. The topological polar surface area (TPSA) is 72.2 Å². The molecule has 4 nitrogen and oxygen atoms in total. The minimum atomic E-state index is -0.494. The third kappa shape index (κ3) is 4.60. The van der Waals surface area contributed by atoms with E-state index in [1.165, 1.54) is 0 Å². The van der Waals surface area contributed by atoms with Gasteiger partial charge in [-0.15, -0.1) is 11.8 Å². The molecule has 2 aromatic rings. The van der Waals surface area contributed by atoms with Crippen molar-refractivity contribution in [3.8, 4) is 0 Å². The minimum absolute atomic E-state index is 0.0712. The van der Waals surface area contributed by atoms with Gasteiger partial charge < -0.3 is 11.1 Å². The summed E-state index contributed by atoms with van der Waals surface area (Å²) in [5.41, 5.74) is 7.07. The Hall–Kier alpha value is -2.27. The van der Waals surface area contributed by atoms with E-state index in [4.69, 9.17) is 5.73 Å². The summed E-state index contributed by atoms with van der Waals surface area (Å²) in [5.74, 6) is -0.0361. The summed E-state index contributed by atoms with van der Waals surface area (Å²) in [6.45, 7) is 3.66. The second-order valence-electron chi connectivity index (χ2n) is 5.36. The molecule has 0 aliphatic heterocycles. The number of nitrogens with two attached hydrogens (primary N) is 1. The van der Waals surface area contributed by atoms with Crippen molar-refractivity contribution >= 4 is 29.3 Å². The quantitative estimate of drug-likeness (QED) is 0.798. The average Bonchev–Trinajstić information content (AvgIpc) is 2.55. The monoisotopic (exact) mass is 328 g/mol. The van der Waals surface area contributed by atoms with Crippen molar-refractivity contribution < 1.29 is 9.59 Å². The highest BCUT2D eigenvalue weighted by Crippen LogP contribution is 2.23. The number of hydrogen-bond acceptors (Lipinski definition) is 3. The highest BCUT2D eigenvalue weighted by atomic mass is 32.2. The first-order valence-corrected chi connectivity index (χ1v) is 8.35. The molecule has 0 saturated carbocycles. The predicted octanol–water partition coefficient (Wildman–Crippen LogP) is 3.46. The average molecular weight is 328 g/mol. The van der Waals surface area contributed by atoms with Gasteiger partial charge in [0, 0.05) is 27.8 Å². The number of carbonyl (C=O) groups excluding carboxylic acids is 2. The van der Waals surface area contributed by atoms with E-state index in [0.29, 0.717) is 22.6 Å². The lowest BCUT2D eigenvalue weighted by Crippen LogP contribution is -2.23. The Kier molecular flexibility index (Phi) is 5.82. The van der Waals surface area contributed by atoms with Gasteiger partial charge in [0.1, 0.15) is 0 Å².